The van der Waals surface area contributed by atoms with Crippen LogP contribution in [0.3, 0.4) is 0 Å². The molecule has 4 rings (SSSR count). The molecule has 0 saturated carbocycles. The lowest BCUT2D eigenvalue weighted by Crippen LogP contribution is -2.25. The summed E-state index contributed by atoms with van der Waals surface area (Å²) in [5.41, 5.74) is 9.99. The molecule has 1 heterocycles. The lowest BCUT2D eigenvalue weighted by molar-refractivity contribution is 0.594. The molecule has 0 radical (unpaired) electrons. The van der Waals surface area contributed by atoms with E-state index in [2.05, 4.69) is 80.7 Å². The van der Waals surface area contributed by atoms with Crippen LogP contribution in [0.1, 0.15) is 38.9 Å². The Morgan fingerprint density at radius 2 is 1.03 bits per heavy atom. The monoisotopic (exact) mass is 501 g/mol. The summed E-state index contributed by atoms with van der Waals surface area (Å²) in [6, 6.07) is 14.9. The van der Waals surface area contributed by atoms with E-state index in [1.165, 1.54) is 23.3 Å². The third kappa shape index (κ3) is 4.95. The second-order valence-electron chi connectivity index (χ2n) is 9.39. The molecule has 0 atom stereocenters. The van der Waals surface area contributed by atoms with Crippen LogP contribution in [0.5, 0.6) is 0 Å². The first kappa shape index (κ1) is 25.3. The fraction of sp³-hybridized carbons (Fsp3) is 0.250. The van der Waals surface area contributed by atoms with Crippen LogP contribution in [-0.4, -0.2) is 17.6 Å². The highest BCUT2D eigenvalue weighted by Crippen LogP contribution is 2.23. The number of imidazole rings is 1. The van der Waals surface area contributed by atoms with Crippen molar-refractivity contribution < 1.29 is 8.42 Å². The number of hydrogen-bond donors (Lipinski definition) is 0. The van der Waals surface area contributed by atoms with Gasteiger partial charge in [0.05, 0.1) is 16.3 Å². The molecule has 0 amide bonds. The van der Waals surface area contributed by atoms with Gasteiger partial charge in [-0.2, -0.15) is 8.42 Å². The summed E-state index contributed by atoms with van der Waals surface area (Å²) >= 11 is 0. The Morgan fingerprint density at radius 1 is 0.611 bits per heavy atom. The quantitative estimate of drug-likeness (QED) is 0.245. The van der Waals surface area contributed by atoms with Crippen LogP contribution in [0.2, 0.25) is 0 Å². The van der Waals surface area contributed by atoms with E-state index in [0.717, 1.165) is 39.2 Å². The summed E-state index contributed by atoms with van der Waals surface area (Å²) < 4.78 is 33.0. The normalized spacial score (nSPS) is 11.9. The van der Waals surface area contributed by atoms with Gasteiger partial charge in [0, 0.05) is 12.4 Å². The van der Waals surface area contributed by atoms with E-state index in [1.54, 1.807) is 12.1 Å². The van der Waals surface area contributed by atoms with Crippen LogP contribution >= 0.6 is 0 Å². The predicted octanol–water partition coefficient (Wildman–Crippen LogP) is 6.08. The van der Waals surface area contributed by atoms with Crippen molar-refractivity contribution in [2.45, 2.75) is 53.4 Å². The van der Waals surface area contributed by atoms with Gasteiger partial charge in [0.15, 0.2) is 0 Å². The number of sulfonamides is 1. The van der Waals surface area contributed by atoms with Gasteiger partial charge in [0.25, 0.3) is 0 Å². The molecule has 1 aromatic heterocycles. The van der Waals surface area contributed by atoms with Crippen molar-refractivity contribution in [2.24, 2.45) is 14.8 Å². The molecule has 0 saturated heterocycles. The number of hydrogen-bond acceptors (Lipinski definition) is 3. The van der Waals surface area contributed by atoms with E-state index in [-0.39, 0.29) is 4.90 Å². The molecular formula is C28H31N5O2S. The summed E-state index contributed by atoms with van der Waals surface area (Å²) in [7, 11) is -3.98. The summed E-state index contributed by atoms with van der Waals surface area (Å²) in [4.78, 5) is 0.0748. The van der Waals surface area contributed by atoms with Crippen LogP contribution in [0.4, 0.5) is 0 Å². The second kappa shape index (κ2) is 9.70. The molecule has 3 aromatic carbocycles. The molecule has 4 aromatic rings. The van der Waals surface area contributed by atoms with Crippen molar-refractivity contribution in [1.29, 1.82) is 0 Å². The van der Waals surface area contributed by atoms with E-state index < -0.39 is 10.0 Å². The lowest BCUT2D eigenvalue weighted by atomic mass is 10.0. The van der Waals surface area contributed by atoms with Gasteiger partial charge in [0.2, 0.25) is 5.62 Å². The van der Waals surface area contributed by atoms with Crippen molar-refractivity contribution in [3.63, 3.8) is 0 Å². The first-order chi connectivity index (χ1) is 17.0. The number of aryl methyl sites for hydroxylation is 7. The zero-order chi connectivity index (χ0) is 26.2. The van der Waals surface area contributed by atoms with Crippen molar-refractivity contribution in [3.8, 4) is 11.4 Å². The van der Waals surface area contributed by atoms with Gasteiger partial charge in [-0.25, -0.2) is 0 Å². The highest BCUT2D eigenvalue weighted by atomic mass is 32.2. The van der Waals surface area contributed by atoms with Crippen LogP contribution in [-0.2, 0) is 10.0 Å². The standard InChI is InChI=1S/C28H31N5O2S/c1-18-8-10-25(11-9-18)36(34,35)31-30-29-28-32(26-21(4)14-19(2)15-22(26)5)12-13-33(28)27-23(6)16-20(3)17-24(27)7/h8-17H,1-7H3/b31-30+. The fourth-order valence-electron chi connectivity index (χ4n) is 4.80. The molecule has 0 aliphatic heterocycles. The largest absolute Gasteiger partial charge is 0.301 e. The molecule has 0 fully saturated rings. The first-order valence-corrected chi connectivity index (χ1v) is 13.2. The Bertz CT molecular complexity index is 1530. The third-order valence-electron chi connectivity index (χ3n) is 6.15. The Labute approximate surface area is 212 Å². The minimum atomic E-state index is -3.98. The highest BCUT2D eigenvalue weighted by molar-refractivity contribution is 7.90. The van der Waals surface area contributed by atoms with Gasteiger partial charge in [-0.1, -0.05) is 58.2 Å². The number of benzene rings is 3. The first-order valence-electron chi connectivity index (χ1n) is 11.7. The van der Waals surface area contributed by atoms with E-state index in [4.69, 9.17) is 0 Å². The van der Waals surface area contributed by atoms with Crippen LogP contribution in [0.15, 0.2) is 80.7 Å². The molecule has 8 heteroatoms. The zero-order valence-corrected chi connectivity index (χ0v) is 22.6. The number of aromatic nitrogens is 2. The Morgan fingerprint density at radius 3 is 1.44 bits per heavy atom. The lowest BCUT2D eigenvalue weighted by Gasteiger charge is -2.14. The highest BCUT2D eigenvalue weighted by Gasteiger charge is 2.15. The smallest absolute Gasteiger partial charge is 0.284 e. The minimum Gasteiger partial charge on any atom is -0.284 e. The minimum absolute atomic E-state index is 0.0748. The predicted molar refractivity (Wildman–Crippen MR) is 142 cm³/mol. The third-order valence-corrected chi connectivity index (χ3v) is 7.30. The zero-order valence-electron chi connectivity index (χ0n) is 21.7. The number of nitrogens with zero attached hydrogens (tertiary/aromatic N) is 5. The Kier molecular flexibility index (Phi) is 6.82. The van der Waals surface area contributed by atoms with Gasteiger partial charge in [-0.15, -0.1) is 0 Å². The second-order valence-corrected chi connectivity index (χ2v) is 11.0. The molecule has 0 N–H and O–H groups in total. The number of rotatable bonds is 5. The van der Waals surface area contributed by atoms with Crippen molar-refractivity contribution in [1.82, 2.24) is 9.13 Å². The van der Waals surface area contributed by atoms with Gasteiger partial charge in [0.1, 0.15) is 0 Å². The molecule has 0 aliphatic carbocycles. The maximum Gasteiger partial charge on any atom is 0.301 e. The summed E-state index contributed by atoms with van der Waals surface area (Å²) in [6.07, 6.45) is 3.85. The van der Waals surface area contributed by atoms with E-state index in [0.29, 0.717) is 5.62 Å². The maximum absolute atomic E-state index is 12.7. The molecule has 0 bridgehead atoms. The van der Waals surface area contributed by atoms with Crippen LogP contribution < -0.4 is 5.62 Å². The van der Waals surface area contributed by atoms with Crippen molar-refractivity contribution in [3.05, 3.63) is 105 Å². The molecule has 0 aliphatic rings. The SMILES string of the molecule is Cc1ccc(S(=O)(=O)/N=N/N=c2n(-c3c(C)cc(C)cc3C)ccn2-c2c(C)cc(C)cc2C)cc1. The molecule has 7 nitrogen and oxygen atoms in total. The fourth-order valence-corrected chi connectivity index (χ4v) is 5.50. The molecular weight excluding hydrogens is 470 g/mol. The summed E-state index contributed by atoms with van der Waals surface area (Å²) in [5.74, 6) is 0. The molecule has 186 valence electrons. The van der Waals surface area contributed by atoms with E-state index in [9.17, 15) is 8.42 Å². The van der Waals surface area contributed by atoms with Gasteiger partial charge in [-0.05, 0) is 92.6 Å². The maximum atomic E-state index is 12.7. The summed E-state index contributed by atoms with van der Waals surface area (Å²) in [6.45, 7) is 14.2. The average molecular weight is 502 g/mol. The van der Waals surface area contributed by atoms with Gasteiger partial charge < -0.3 is 0 Å². The summed E-state index contributed by atoms with van der Waals surface area (Å²) in [5, 5.41) is 8.19. The van der Waals surface area contributed by atoms with E-state index in [1.807, 2.05) is 28.5 Å². The molecule has 36 heavy (non-hydrogen) atoms. The topological polar surface area (TPSA) is 81.1 Å². The van der Waals surface area contributed by atoms with E-state index >= 15 is 0 Å². The van der Waals surface area contributed by atoms with Crippen molar-refractivity contribution in [2.75, 3.05) is 0 Å². The van der Waals surface area contributed by atoms with Crippen LogP contribution in [0.25, 0.3) is 11.4 Å². The Hall–Kier alpha value is -3.78. The van der Waals surface area contributed by atoms with Gasteiger partial charge >= 0.3 is 10.0 Å². The van der Waals surface area contributed by atoms with Gasteiger partial charge in [-0.3, -0.25) is 9.13 Å². The van der Waals surface area contributed by atoms with Crippen molar-refractivity contribution >= 4 is 10.0 Å². The molecule has 0 spiro atoms. The molecule has 0 unspecified atom stereocenters. The Balaban J connectivity index is 1.95. The average Bonchev–Trinajstić information content (AvgIpc) is 3.15. The van der Waals surface area contributed by atoms with Crippen LogP contribution in [0, 0.1) is 48.5 Å².